The molecular weight excluding hydrogens is 246 g/mol. The maximum atomic E-state index is 4.50. The summed E-state index contributed by atoms with van der Waals surface area (Å²) in [4.78, 5) is 0. The van der Waals surface area contributed by atoms with E-state index in [0.717, 1.165) is 36.5 Å². The SMILES string of the molecule is Cc1cc(CC(CNCC(C)C)C2CCCC2)n(C)n1. The van der Waals surface area contributed by atoms with Gasteiger partial charge in [-0.05, 0) is 50.3 Å². The molecule has 0 spiro atoms. The first kappa shape index (κ1) is 15.6. The van der Waals surface area contributed by atoms with Crippen molar-refractivity contribution in [1.82, 2.24) is 15.1 Å². The first-order chi connectivity index (χ1) is 9.56. The first-order valence-electron chi connectivity index (χ1n) is 8.26. The van der Waals surface area contributed by atoms with E-state index in [2.05, 4.69) is 49.0 Å². The van der Waals surface area contributed by atoms with Crippen LogP contribution in [-0.2, 0) is 13.5 Å². The molecule has 20 heavy (non-hydrogen) atoms. The Morgan fingerprint density at radius 1 is 1.30 bits per heavy atom. The summed E-state index contributed by atoms with van der Waals surface area (Å²) in [6, 6.07) is 2.25. The molecule has 0 aliphatic heterocycles. The average Bonchev–Trinajstić information content (AvgIpc) is 2.98. The molecular formula is C17H31N3. The Morgan fingerprint density at radius 2 is 2.00 bits per heavy atom. The normalized spacial score (nSPS) is 18.1. The van der Waals surface area contributed by atoms with E-state index in [0.29, 0.717) is 0 Å². The molecule has 1 fully saturated rings. The number of nitrogens with one attached hydrogen (secondary N) is 1. The molecule has 1 aliphatic carbocycles. The van der Waals surface area contributed by atoms with Gasteiger partial charge in [-0.3, -0.25) is 4.68 Å². The fraction of sp³-hybridized carbons (Fsp3) is 0.824. The fourth-order valence-corrected chi connectivity index (χ4v) is 3.52. The van der Waals surface area contributed by atoms with Crippen molar-refractivity contribution in [1.29, 1.82) is 0 Å². The second-order valence-corrected chi connectivity index (χ2v) is 6.96. The van der Waals surface area contributed by atoms with Gasteiger partial charge in [-0.15, -0.1) is 0 Å². The summed E-state index contributed by atoms with van der Waals surface area (Å²) in [7, 11) is 2.08. The minimum Gasteiger partial charge on any atom is -0.316 e. The summed E-state index contributed by atoms with van der Waals surface area (Å²) in [5.74, 6) is 2.41. The van der Waals surface area contributed by atoms with E-state index in [4.69, 9.17) is 0 Å². The van der Waals surface area contributed by atoms with Crippen molar-refractivity contribution in [3.63, 3.8) is 0 Å². The molecule has 1 atom stereocenters. The van der Waals surface area contributed by atoms with Crippen molar-refractivity contribution in [3.8, 4) is 0 Å². The number of aromatic nitrogens is 2. The Hall–Kier alpha value is -0.830. The van der Waals surface area contributed by atoms with E-state index in [1.807, 2.05) is 0 Å². The Bertz CT molecular complexity index is 402. The van der Waals surface area contributed by atoms with Gasteiger partial charge in [0.25, 0.3) is 0 Å². The zero-order valence-corrected chi connectivity index (χ0v) is 13.7. The molecule has 114 valence electrons. The Kier molecular flexibility index (Phi) is 5.64. The second-order valence-electron chi connectivity index (χ2n) is 6.96. The van der Waals surface area contributed by atoms with Gasteiger partial charge in [0, 0.05) is 12.7 Å². The van der Waals surface area contributed by atoms with Crippen LogP contribution in [0.4, 0.5) is 0 Å². The number of nitrogens with zero attached hydrogens (tertiary/aromatic N) is 2. The molecule has 2 rings (SSSR count). The largest absolute Gasteiger partial charge is 0.316 e. The van der Waals surface area contributed by atoms with Gasteiger partial charge < -0.3 is 5.32 Å². The number of hydrogen-bond donors (Lipinski definition) is 1. The van der Waals surface area contributed by atoms with Crippen LogP contribution in [0, 0.1) is 24.7 Å². The lowest BCUT2D eigenvalue weighted by Gasteiger charge is -2.24. The van der Waals surface area contributed by atoms with Crippen LogP contribution < -0.4 is 5.32 Å². The van der Waals surface area contributed by atoms with E-state index in [1.165, 1.54) is 37.8 Å². The van der Waals surface area contributed by atoms with Crippen molar-refractivity contribution in [3.05, 3.63) is 17.5 Å². The Labute approximate surface area is 124 Å². The predicted octanol–water partition coefficient (Wildman–Crippen LogP) is 3.32. The topological polar surface area (TPSA) is 29.9 Å². The molecule has 0 bridgehead atoms. The van der Waals surface area contributed by atoms with Crippen LogP contribution in [0.15, 0.2) is 6.07 Å². The van der Waals surface area contributed by atoms with E-state index in [9.17, 15) is 0 Å². The Morgan fingerprint density at radius 3 is 2.55 bits per heavy atom. The van der Waals surface area contributed by atoms with Crippen LogP contribution in [0.25, 0.3) is 0 Å². The lowest BCUT2D eigenvalue weighted by atomic mass is 9.86. The predicted molar refractivity (Wildman–Crippen MR) is 84.8 cm³/mol. The van der Waals surface area contributed by atoms with Crippen LogP contribution in [0.3, 0.4) is 0 Å². The molecule has 1 aromatic rings. The quantitative estimate of drug-likeness (QED) is 0.828. The second kappa shape index (κ2) is 7.26. The monoisotopic (exact) mass is 277 g/mol. The highest BCUT2D eigenvalue weighted by atomic mass is 15.3. The number of aryl methyl sites for hydroxylation is 2. The van der Waals surface area contributed by atoms with Crippen LogP contribution in [-0.4, -0.2) is 22.9 Å². The molecule has 3 nitrogen and oxygen atoms in total. The zero-order valence-electron chi connectivity index (χ0n) is 13.7. The van der Waals surface area contributed by atoms with E-state index >= 15 is 0 Å². The first-order valence-corrected chi connectivity index (χ1v) is 8.26. The lowest BCUT2D eigenvalue weighted by molar-refractivity contribution is 0.311. The van der Waals surface area contributed by atoms with E-state index < -0.39 is 0 Å². The van der Waals surface area contributed by atoms with Crippen LogP contribution in [0.1, 0.15) is 50.9 Å². The van der Waals surface area contributed by atoms with Crippen molar-refractivity contribution in [2.45, 2.75) is 52.9 Å². The standard InChI is InChI=1S/C17H31N3/c1-13(2)11-18-12-16(15-7-5-6-8-15)10-17-9-14(3)19-20(17)4/h9,13,15-16,18H,5-8,10-12H2,1-4H3. The van der Waals surface area contributed by atoms with Crippen molar-refractivity contribution in [2.75, 3.05) is 13.1 Å². The molecule has 0 saturated heterocycles. The van der Waals surface area contributed by atoms with Crippen molar-refractivity contribution < 1.29 is 0 Å². The van der Waals surface area contributed by atoms with Gasteiger partial charge in [0.1, 0.15) is 0 Å². The third kappa shape index (κ3) is 4.34. The van der Waals surface area contributed by atoms with Gasteiger partial charge >= 0.3 is 0 Å². The smallest absolute Gasteiger partial charge is 0.0596 e. The molecule has 1 aliphatic rings. The highest BCUT2D eigenvalue weighted by molar-refractivity contribution is 5.09. The summed E-state index contributed by atoms with van der Waals surface area (Å²) < 4.78 is 2.07. The lowest BCUT2D eigenvalue weighted by Crippen LogP contribution is -2.31. The van der Waals surface area contributed by atoms with E-state index in [1.54, 1.807) is 0 Å². The summed E-state index contributed by atoms with van der Waals surface area (Å²) in [5, 5.41) is 8.17. The molecule has 1 unspecified atom stereocenters. The Balaban J connectivity index is 1.96. The molecule has 0 radical (unpaired) electrons. The maximum Gasteiger partial charge on any atom is 0.0596 e. The average molecular weight is 277 g/mol. The summed E-state index contributed by atoms with van der Waals surface area (Å²) in [5.41, 5.74) is 2.54. The van der Waals surface area contributed by atoms with Crippen molar-refractivity contribution >= 4 is 0 Å². The molecule has 3 heteroatoms. The highest BCUT2D eigenvalue weighted by Gasteiger charge is 2.25. The van der Waals surface area contributed by atoms with Crippen LogP contribution >= 0.6 is 0 Å². The molecule has 0 amide bonds. The molecule has 1 aromatic heterocycles. The summed E-state index contributed by atoms with van der Waals surface area (Å²) >= 11 is 0. The molecule has 1 N–H and O–H groups in total. The highest BCUT2D eigenvalue weighted by Crippen LogP contribution is 2.33. The van der Waals surface area contributed by atoms with Crippen molar-refractivity contribution in [2.24, 2.45) is 24.8 Å². The van der Waals surface area contributed by atoms with E-state index in [-0.39, 0.29) is 0 Å². The van der Waals surface area contributed by atoms with Gasteiger partial charge in [0.05, 0.1) is 5.69 Å². The fourth-order valence-electron chi connectivity index (χ4n) is 3.52. The molecule has 0 aromatic carbocycles. The minimum absolute atomic E-state index is 0.734. The molecule has 1 heterocycles. The maximum absolute atomic E-state index is 4.50. The van der Waals surface area contributed by atoms with Gasteiger partial charge in [-0.25, -0.2) is 0 Å². The number of hydrogen-bond acceptors (Lipinski definition) is 2. The summed E-state index contributed by atoms with van der Waals surface area (Å²) in [6.07, 6.45) is 6.87. The zero-order chi connectivity index (χ0) is 14.5. The van der Waals surface area contributed by atoms with Crippen LogP contribution in [0.2, 0.25) is 0 Å². The van der Waals surface area contributed by atoms with Gasteiger partial charge in [0.2, 0.25) is 0 Å². The molecule has 1 saturated carbocycles. The minimum atomic E-state index is 0.734. The third-order valence-electron chi connectivity index (χ3n) is 4.60. The van der Waals surface area contributed by atoms with Gasteiger partial charge in [-0.1, -0.05) is 39.5 Å². The van der Waals surface area contributed by atoms with Gasteiger partial charge in [-0.2, -0.15) is 5.10 Å². The number of rotatable bonds is 7. The van der Waals surface area contributed by atoms with Crippen LogP contribution in [0.5, 0.6) is 0 Å². The summed E-state index contributed by atoms with van der Waals surface area (Å²) in [6.45, 7) is 8.94. The third-order valence-corrected chi connectivity index (χ3v) is 4.60. The van der Waals surface area contributed by atoms with Gasteiger partial charge in [0.15, 0.2) is 0 Å².